The summed E-state index contributed by atoms with van der Waals surface area (Å²) in [7, 11) is 0. The first-order chi connectivity index (χ1) is 11.3. The Hall–Kier alpha value is -3.29. The lowest BCUT2D eigenvalue weighted by Crippen LogP contribution is -2.21. The molecule has 0 unspecified atom stereocenters. The van der Waals surface area contributed by atoms with Crippen LogP contribution in [0.4, 0.5) is 18.9 Å². The lowest BCUT2D eigenvalue weighted by atomic mass is 10.1. The van der Waals surface area contributed by atoms with Gasteiger partial charge >= 0.3 is 5.97 Å². The zero-order chi connectivity index (χ0) is 17.6. The minimum atomic E-state index is -1.84. The molecule has 1 heterocycles. The molecule has 0 amide bonds. The summed E-state index contributed by atoms with van der Waals surface area (Å²) in [6, 6.07) is 7.75. The highest BCUT2D eigenvalue weighted by atomic mass is 19.2. The van der Waals surface area contributed by atoms with Crippen LogP contribution in [0.1, 0.15) is 10.4 Å². The average molecular weight is 334 g/mol. The fourth-order valence-electron chi connectivity index (χ4n) is 2.45. The van der Waals surface area contributed by atoms with Gasteiger partial charge in [-0.3, -0.25) is 4.79 Å². The van der Waals surface area contributed by atoms with Gasteiger partial charge in [-0.05, 0) is 12.1 Å². The molecule has 3 aromatic rings. The van der Waals surface area contributed by atoms with E-state index in [4.69, 9.17) is 10.8 Å². The number of benzene rings is 2. The van der Waals surface area contributed by atoms with Gasteiger partial charge in [-0.25, -0.2) is 18.0 Å². The number of aromatic nitrogens is 1. The smallest absolute Gasteiger partial charge is 0.341 e. The van der Waals surface area contributed by atoms with E-state index in [1.54, 1.807) is 18.2 Å². The van der Waals surface area contributed by atoms with Gasteiger partial charge < -0.3 is 15.4 Å². The summed E-state index contributed by atoms with van der Waals surface area (Å²) < 4.78 is 42.8. The first-order valence-corrected chi connectivity index (χ1v) is 6.64. The molecule has 24 heavy (non-hydrogen) atoms. The topological polar surface area (TPSA) is 85.3 Å². The number of carboxylic acid groups (broad SMARTS) is 1. The fraction of sp³-hybridized carbons (Fsp3) is 0. The molecule has 0 aliphatic rings. The molecule has 0 aliphatic carbocycles. The summed E-state index contributed by atoms with van der Waals surface area (Å²) in [4.78, 5) is 23.5. The van der Waals surface area contributed by atoms with Crippen molar-refractivity contribution in [2.75, 3.05) is 5.73 Å². The van der Waals surface area contributed by atoms with Crippen molar-refractivity contribution in [1.82, 2.24) is 4.57 Å². The third-order valence-corrected chi connectivity index (χ3v) is 3.57. The van der Waals surface area contributed by atoms with E-state index in [1.165, 1.54) is 12.1 Å². The van der Waals surface area contributed by atoms with Crippen LogP contribution in [0.25, 0.3) is 16.6 Å². The molecule has 3 rings (SSSR count). The van der Waals surface area contributed by atoms with Crippen LogP contribution in [0.3, 0.4) is 0 Å². The number of anilines is 1. The predicted octanol–water partition coefficient (Wildman–Crippen LogP) is 2.69. The number of carbonyl (C=O) groups is 1. The highest BCUT2D eigenvalue weighted by Gasteiger charge is 2.26. The molecule has 5 nitrogen and oxygen atoms in total. The second-order valence-electron chi connectivity index (χ2n) is 4.96. The molecular weight excluding hydrogens is 325 g/mol. The molecule has 0 atom stereocenters. The molecule has 0 aliphatic heterocycles. The molecule has 0 saturated heterocycles. The Labute approximate surface area is 132 Å². The zero-order valence-corrected chi connectivity index (χ0v) is 11.9. The number of hydrogen-bond donors (Lipinski definition) is 2. The lowest BCUT2D eigenvalue weighted by molar-refractivity contribution is 0.0695. The van der Waals surface area contributed by atoms with E-state index in [0.717, 1.165) is 10.8 Å². The quantitative estimate of drug-likeness (QED) is 0.557. The molecule has 0 bridgehead atoms. The van der Waals surface area contributed by atoms with Crippen molar-refractivity contribution in [3.8, 4) is 5.69 Å². The second-order valence-corrected chi connectivity index (χ2v) is 4.96. The predicted molar refractivity (Wildman–Crippen MR) is 80.8 cm³/mol. The molecule has 0 saturated carbocycles. The molecule has 0 spiro atoms. The molecule has 122 valence electrons. The number of carboxylic acids is 1. The van der Waals surface area contributed by atoms with Crippen molar-refractivity contribution in [3.05, 3.63) is 69.8 Å². The highest BCUT2D eigenvalue weighted by molar-refractivity contribution is 5.98. The summed E-state index contributed by atoms with van der Waals surface area (Å²) >= 11 is 0. The Bertz CT molecular complexity index is 1050. The van der Waals surface area contributed by atoms with Crippen LogP contribution in [0.2, 0.25) is 0 Å². The summed E-state index contributed by atoms with van der Waals surface area (Å²) in [5, 5.41) is 8.44. The van der Waals surface area contributed by atoms with Crippen LogP contribution in [0.15, 0.2) is 41.3 Å². The summed E-state index contributed by atoms with van der Waals surface area (Å²) in [6.07, 6.45) is 0.849. The number of aromatic carboxylic acids is 1. The van der Waals surface area contributed by atoms with Crippen LogP contribution in [-0.4, -0.2) is 15.6 Å². The third kappa shape index (κ3) is 2.11. The molecule has 0 radical (unpaired) electrons. The van der Waals surface area contributed by atoms with E-state index >= 15 is 0 Å². The van der Waals surface area contributed by atoms with E-state index in [0.29, 0.717) is 0 Å². The van der Waals surface area contributed by atoms with E-state index < -0.39 is 51.0 Å². The van der Waals surface area contributed by atoms with Crippen molar-refractivity contribution in [2.45, 2.75) is 0 Å². The van der Waals surface area contributed by atoms with Gasteiger partial charge in [0.05, 0.1) is 16.6 Å². The Morgan fingerprint density at radius 2 is 1.67 bits per heavy atom. The number of nitrogen functional groups attached to an aromatic ring is 1. The molecule has 2 aromatic carbocycles. The van der Waals surface area contributed by atoms with Crippen LogP contribution >= 0.6 is 0 Å². The summed E-state index contributed by atoms with van der Waals surface area (Å²) in [5.41, 5.74) is 2.15. The van der Waals surface area contributed by atoms with Crippen molar-refractivity contribution >= 4 is 22.6 Å². The number of para-hydroxylation sites is 1. The van der Waals surface area contributed by atoms with Crippen molar-refractivity contribution in [3.63, 3.8) is 0 Å². The Balaban J connectivity index is 2.64. The first-order valence-electron chi connectivity index (χ1n) is 6.64. The maximum Gasteiger partial charge on any atom is 0.341 e. The van der Waals surface area contributed by atoms with E-state index in [9.17, 15) is 22.8 Å². The zero-order valence-electron chi connectivity index (χ0n) is 11.9. The van der Waals surface area contributed by atoms with E-state index in [-0.39, 0.29) is 5.69 Å². The number of rotatable bonds is 2. The van der Waals surface area contributed by atoms with Gasteiger partial charge in [-0.1, -0.05) is 18.2 Å². The average Bonchev–Trinajstić information content (AvgIpc) is 2.58. The minimum Gasteiger partial charge on any atom is -0.477 e. The van der Waals surface area contributed by atoms with Crippen LogP contribution in [0, 0.1) is 17.5 Å². The molecular formula is C16H9F3N2O3. The molecule has 1 aromatic heterocycles. The number of pyridine rings is 1. The van der Waals surface area contributed by atoms with Gasteiger partial charge in [0.25, 0.3) is 0 Å². The lowest BCUT2D eigenvalue weighted by Gasteiger charge is -2.15. The van der Waals surface area contributed by atoms with Crippen LogP contribution in [-0.2, 0) is 0 Å². The standard InChI is InChI=1S/C16H9F3N2O3/c17-10-11(18)13(20)9-14(12(10)19)21(7-4-2-1-3-5-7)6-8(15(9)22)16(23)24/h1-6H,20H2,(H,23,24). The summed E-state index contributed by atoms with van der Waals surface area (Å²) in [5.74, 6) is -6.81. The molecule has 8 heteroatoms. The van der Waals surface area contributed by atoms with Crippen molar-refractivity contribution < 1.29 is 23.1 Å². The minimum absolute atomic E-state index is 0.245. The maximum atomic E-state index is 14.3. The number of nitrogens with two attached hydrogens (primary N) is 1. The van der Waals surface area contributed by atoms with Gasteiger partial charge in [-0.2, -0.15) is 0 Å². The normalized spacial score (nSPS) is 11.0. The monoisotopic (exact) mass is 334 g/mol. The first kappa shape index (κ1) is 15.6. The van der Waals surface area contributed by atoms with Crippen molar-refractivity contribution in [2.24, 2.45) is 0 Å². The van der Waals surface area contributed by atoms with Crippen LogP contribution in [0.5, 0.6) is 0 Å². The maximum absolute atomic E-state index is 14.3. The van der Waals surface area contributed by atoms with Crippen molar-refractivity contribution in [1.29, 1.82) is 0 Å². The highest BCUT2D eigenvalue weighted by Crippen LogP contribution is 2.29. The Morgan fingerprint density at radius 3 is 2.25 bits per heavy atom. The SMILES string of the molecule is Nc1c(F)c(F)c(F)c2c1c(=O)c(C(=O)O)cn2-c1ccccc1. The molecule has 3 N–H and O–H groups in total. The van der Waals surface area contributed by atoms with Gasteiger partial charge in [0, 0.05) is 11.9 Å². The number of nitrogens with zero attached hydrogens (tertiary/aromatic N) is 1. The third-order valence-electron chi connectivity index (χ3n) is 3.57. The number of hydrogen-bond acceptors (Lipinski definition) is 3. The van der Waals surface area contributed by atoms with Gasteiger partial charge in [0.1, 0.15) is 5.56 Å². The summed E-state index contributed by atoms with van der Waals surface area (Å²) in [6.45, 7) is 0. The van der Waals surface area contributed by atoms with E-state index in [2.05, 4.69) is 0 Å². The largest absolute Gasteiger partial charge is 0.477 e. The number of halogens is 3. The second kappa shape index (κ2) is 5.41. The van der Waals surface area contributed by atoms with Crippen LogP contribution < -0.4 is 11.2 Å². The Morgan fingerprint density at radius 1 is 1.04 bits per heavy atom. The number of fused-ring (bicyclic) bond motifs is 1. The Kier molecular flexibility index (Phi) is 3.52. The fourth-order valence-corrected chi connectivity index (χ4v) is 2.45. The van der Waals surface area contributed by atoms with Gasteiger partial charge in [-0.15, -0.1) is 0 Å². The van der Waals surface area contributed by atoms with Gasteiger partial charge in [0.15, 0.2) is 17.5 Å². The van der Waals surface area contributed by atoms with E-state index in [1.807, 2.05) is 0 Å². The van der Waals surface area contributed by atoms with Gasteiger partial charge in [0.2, 0.25) is 5.43 Å². The molecule has 0 fully saturated rings.